The van der Waals surface area contributed by atoms with Gasteiger partial charge in [0.1, 0.15) is 0 Å². The molecule has 0 aliphatic heterocycles. The third-order valence-electron chi connectivity index (χ3n) is 3.27. The lowest BCUT2D eigenvalue weighted by Crippen LogP contribution is -2.34. The molecule has 0 aliphatic rings. The normalized spacial score (nSPS) is 12.8. The van der Waals surface area contributed by atoms with Gasteiger partial charge in [0.2, 0.25) is 5.91 Å². The summed E-state index contributed by atoms with van der Waals surface area (Å²) in [5.74, 6) is 0.994. The van der Waals surface area contributed by atoms with Crippen LogP contribution in [0.15, 0.2) is 0 Å². The van der Waals surface area contributed by atoms with Crippen LogP contribution in [0.25, 0.3) is 0 Å². The van der Waals surface area contributed by atoms with Gasteiger partial charge in [-0.15, -0.1) is 0 Å². The number of amides is 1. The average Bonchev–Trinajstić information content (AvgIpc) is 2.28. The zero-order chi connectivity index (χ0) is 12.4. The number of hydrogen-bond acceptors (Lipinski definition) is 1. The van der Waals surface area contributed by atoms with Gasteiger partial charge in [0.25, 0.3) is 0 Å². The van der Waals surface area contributed by atoms with E-state index < -0.39 is 0 Å². The third-order valence-corrected chi connectivity index (χ3v) is 3.27. The molecule has 0 spiro atoms. The lowest BCUT2D eigenvalue weighted by molar-refractivity contribution is -0.126. The van der Waals surface area contributed by atoms with Crippen LogP contribution in [0.2, 0.25) is 0 Å². The molecule has 0 heterocycles. The minimum atomic E-state index is 0.178. The van der Waals surface area contributed by atoms with E-state index in [2.05, 4.69) is 33.0 Å². The molecule has 0 rings (SSSR count). The summed E-state index contributed by atoms with van der Waals surface area (Å²) in [4.78, 5) is 11.9. The van der Waals surface area contributed by atoms with Crippen LogP contribution < -0.4 is 5.32 Å². The molecule has 1 N–H and O–H groups in total. The Bertz CT molecular complexity index is 174. The first-order valence-electron chi connectivity index (χ1n) is 6.94. The molecule has 1 amide bonds. The molecule has 16 heavy (non-hydrogen) atoms. The van der Waals surface area contributed by atoms with Gasteiger partial charge in [-0.2, -0.15) is 0 Å². The summed E-state index contributed by atoms with van der Waals surface area (Å²) in [5, 5.41) is 3.04. The maximum absolute atomic E-state index is 11.9. The van der Waals surface area contributed by atoms with Gasteiger partial charge < -0.3 is 5.32 Å². The highest BCUT2D eigenvalue weighted by Crippen LogP contribution is 2.22. The smallest absolute Gasteiger partial charge is 0.223 e. The van der Waals surface area contributed by atoms with Gasteiger partial charge in [-0.1, -0.05) is 47.0 Å². The summed E-state index contributed by atoms with van der Waals surface area (Å²) in [6.45, 7) is 9.46. The van der Waals surface area contributed by atoms with E-state index in [1.807, 2.05) is 0 Å². The molecule has 0 aromatic rings. The number of carbonyl (C=O) groups is 1. The second-order valence-corrected chi connectivity index (χ2v) is 4.77. The van der Waals surface area contributed by atoms with Gasteiger partial charge in [0.15, 0.2) is 0 Å². The summed E-state index contributed by atoms with van der Waals surface area (Å²) in [6, 6.07) is 0. The van der Waals surface area contributed by atoms with Crippen molar-refractivity contribution in [2.45, 2.75) is 66.2 Å². The van der Waals surface area contributed by atoms with Crippen LogP contribution in [0.5, 0.6) is 0 Å². The Hall–Kier alpha value is -0.530. The summed E-state index contributed by atoms with van der Waals surface area (Å²) in [6.07, 6.45) is 6.94. The van der Waals surface area contributed by atoms with Crippen molar-refractivity contribution in [3.8, 4) is 0 Å². The van der Waals surface area contributed by atoms with E-state index in [0.717, 1.165) is 19.4 Å². The Kier molecular flexibility index (Phi) is 9.36. The average molecular weight is 227 g/mol. The standard InChI is InChI=1S/C14H29NO/c1-5-8-11-15-14(16)12(4)13(9-6-2)10-7-3/h12-13H,5-11H2,1-4H3,(H,15,16). The molecule has 0 aromatic carbocycles. The van der Waals surface area contributed by atoms with Gasteiger partial charge in [-0.3, -0.25) is 4.79 Å². The highest BCUT2D eigenvalue weighted by molar-refractivity contribution is 5.78. The van der Waals surface area contributed by atoms with Crippen molar-refractivity contribution in [3.63, 3.8) is 0 Å². The molecule has 2 heteroatoms. The van der Waals surface area contributed by atoms with Crippen molar-refractivity contribution in [2.75, 3.05) is 6.54 Å². The fourth-order valence-electron chi connectivity index (χ4n) is 2.15. The number of carbonyl (C=O) groups excluding carboxylic acids is 1. The first-order chi connectivity index (χ1) is 7.67. The minimum absolute atomic E-state index is 0.178. The number of hydrogen-bond donors (Lipinski definition) is 1. The number of unbranched alkanes of at least 4 members (excludes halogenated alkanes) is 1. The van der Waals surface area contributed by atoms with Gasteiger partial charge in [0.05, 0.1) is 0 Å². The van der Waals surface area contributed by atoms with Gasteiger partial charge >= 0.3 is 0 Å². The highest BCUT2D eigenvalue weighted by atomic mass is 16.1. The van der Waals surface area contributed by atoms with Crippen LogP contribution in [-0.2, 0) is 4.79 Å². The molecular weight excluding hydrogens is 198 g/mol. The molecule has 1 atom stereocenters. The van der Waals surface area contributed by atoms with Crippen molar-refractivity contribution in [1.82, 2.24) is 5.32 Å². The SMILES string of the molecule is CCCCNC(=O)C(C)C(CCC)CCC. The molecule has 0 saturated heterocycles. The van der Waals surface area contributed by atoms with Crippen LogP contribution in [0.3, 0.4) is 0 Å². The Morgan fingerprint density at radius 1 is 1.06 bits per heavy atom. The van der Waals surface area contributed by atoms with Crippen LogP contribution in [0.4, 0.5) is 0 Å². The van der Waals surface area contributed by atoms with E-state index in [9.17, 15) is 4.79 Å². The quantitative estimate of drug-likeness (QED) is 0.597. The van der Waals surface area contributed by atoms with Crippen molar-refractivity contribution in [3.05, 3.63) is 0 Å². The largest absolute Gasteiger partial charge is 0.356 e. The first kappa shape index (κ1) is 15.5. The Morgan fingerprint density at radius 3 is 2.06 bits per heavy atom. The Morgan fingerprint density at radius 2 is 1.62 bits per heavy atom. The minimum Gasteiger partial charge on any atom is -0.356 e. The Balaban J connectivity index is 4.03. The van der Waals surface area contributed by atoms with Gasteiger partial charge in [-0.05, 0) is 25.2 Å². The number of nitrogens with one attached hydrogen (secondary N) is 1. The van der Waals surface area contributed by atoms with Gasteiger partial charge in [-0.25, -0.2) is 0 Å². The van der Waals surface area contributed by atoms with Crippen LogP contribution in [0, 0.1) is 11.8 Å². The summed E-state index contributed by atoms with van der Waals surface area (Å²) in [5.41, 5.74) is 0. The van der Waals surface area contributed by atoms with Crippen LogP contribution in [0.1, 0.15) is 66.2 Å². The first-order valence-corrected chi connectivity index (χ1v) is 6.94. The lowest BCUT2D eigenvalue weighted by Gasteiger charge is -2.22. The fraction of sp³-hybridized carbons (Fsp3) is 0.929. The van der Waals surface area contributed by atoms with Crippen LogP contribution in [-0.4, -0.2) is 12.5 Å². The summed E-state index contributed by atoms with van der Waals surface area (Å²) < 4.78 is 0. The van der Waals surface area contributed by atoms with E-state index in [1.54, 1.807) is 0 Å². The van der Waals surface area contributed by atoms with E-state index in [1.165, 1.54) is 25.7 Å². The third kappa shape index (κ3) is 6.14. The Labute approximate surface area is 101 Å². The van der Waals surface area contributed by atoms with Crippen molar-refractivity contribution in [2.24, 2.45) is 11.8 Å². The number of rotatable bonds is 9. The topological polar surface area (TPSA) is 29.1 Å². The summed E-state index contributed by atoms with van der Waals surface area (Å²) >= 11 is 0. The molecule has 0 bridgehead atoms. The molecule has 2 nitrogen and oxygen atoms in total. The molecule has 0 aromatic heterocycles. The summed E-state index contributed by atoms with van der Waals surface area (Å²) in [7, 11) is 0. The molecule has 96 valence electrons. The predicted molar refractivity (Wildman–Crippen MR) is 70.4 cm³/mol. The molecule has 0 fully saturated rings. The second kappa shape index (κ2) is 9.68. The zero-order valence-corrected chi connectivity index (χ0v) is 11.5. The molecule has 0 radical (unpaired) electrons. The molecule has 0 aliphatic carbocycles. The van der Waals surface area contributed by atoms with Gasteiger partial charge in [0, 0.05) is 12.5 Å². The second-order valence-electron chi connectivity index (χ2n) is 4.77. The van der Waals surface area contributed by atoms with Crippen LogP contribution >= 0.6 is 0 Å². The maximum Gasteiger partial charge on any atom is 0.223 e. The van der Waals surface area contributed by atoms with Crippen molar-refractivity contribution in [1.29, 1.82) is 0 Å². The molecule has 1 unspecified atom stereocenters. The van der Waals surface area contributed by atoms with E-state index >= 15 is 0 Å². The predicted octanol–water partition coefficient (Wildman–Crippen LogP) is 3.76. The monoisotopic (exact) mass is 227 g/mol. The zero-order valence-electron chi connectivity index (χ0n) is 11.5. The molecular formula is C14H29NO. The lowest BCUT2D eigenvalue weighted by atomic mass is 9.85. The maximum atomic E-state index is 11.9. The van der Waals surface area contributed by atoms with E-state index in [-0.39, 0.29) is 11.8 Å². The van der Waals surface area contributed by atoms with Crippen molar-refractivity contribution >= 4 is 5.91 Å². The van der Waals surface area contributed by atoms with Crippen molar-refractivity contribution < 1.29 is 4.79 Å². The highest BCUT2D eigenvalue weighted by Gasteiger charge is 2.21. The molecule has 0 saturated carbocycles. The van der Waals surface area contributed by atoms with E-state index in [4.69, 9.17) is 0 Å². The van der Waals surface area contributed by atoms with E-state index in [0.29, 0.717) is 5.92 Å². The fourth-order valence-corrected chi connectivity index (χ4v) is 2.15.